The standard InChI is InChI=1S/C15H22N6/c1-9(2)19-14-13-10(4-5-17-14)8-18-15(21-13)20-12-6-11(7-12)16-3/h4-5,8-9,11-12,16H,6-7H2,1-3H3,(H,17,19)(H,18,20,21). The molecule has 0 amide bonds. The van der Waals surface area contributed by atoms with E-state index in [9.17, 15) is 0 Å². The molecule has 1 saturated carbocycles. The maximum absolute atomic E-state index is 4.63. The van der Waals surface area contributed by atoms with Crippen LogP contribution in [0.4, 0.5) is 11.8 Å². The van der Waals surface area contributed by atoms with Crippen molar-refractivity contribution in [3.05, 3.63) is 18.5 Å². The molecule has 6 heteroatoms. The van der Waals surface area contributed by atoms with E-state index in [1.54, 1.807) is 6.20 Å². The van der Waals surface area contributed by atoms with Gasteiger partial charge >= 0.3 is 0 Å². The fraction of sp³-hybridized carbons (Fsp3) is 0.533. The molecule has 1 fully saturated rings. The fourth-order valence-corrected chi connectivity index (χ4v) is 2.56. The molecule has 21 heavy (non-hydrogen) atoms. The SMILES string of the molecule is CNC1CC(Nc2ncc3ccnc(NC(C)C)c3n2)C1. The van der Waals surface area contributed by atoms with Gasteiger partial charge in [-0.1, -0.05) is 0 Å². The van der Waals surface area contributed by atoms with Crippen LogP contribution in [0, 0.1) is 0 Å². The van der Waals surface area contributed by atoms with Crippen LogP contribution in [0.25, 0.3) is 10.9 Å². The smallest absolute Gasteiger partial charge is 0.223 e. The summed E-state index contributed by atoms with van der Waals surface area (Å²) in [5.41, 5.74) is 0.869. The second-order valence-electron chi connectivity index (χ2n) is 5.89. The number of rotatable bonds is 5. The van der Waals surface area contributed by atoms with Crippen LogP contribution in [0.15, 0.2) is 18.5 Å². The van der Waals surface area contributed by atoms with Crippen molar-refractivity contribution < 1.29 is 0 Å². The quantitative estimate of drug-likeness (QED) is 0.780. The van der Waals surface area contributed by atoms with Gasteiger partial charge in [-0.3, -0.25) is 0 Å². The minimum Gasteiger partial charge on any atom is -0.366 e. The first-order chi connectivity index (χ1) is 10.2. The number of hydrogen-bond acceptors (Lipinski definition) is 6. The van der Waals surface area contributed by atoms with Gasteiger partial charge in [0.25, 0.3) is 0 Å². The lowest BCUT2D eigenvalue weighted by atomic mass is 9.87. The van der Waals surface area contributed by atoms with Gasteiger partial charge in [-0.15, -0.1) is 0 Å². The van der Waals surface area contributed by atoms with Crippen molar-refractivity contribution in [2.45, 2.75) is 44.8 Å². The molecule has 3 N–H and O–H groups in total. The topological polar surface area (TPSA) is 74.8 Å². The molecule has 0 atom stereocenters. The van der Waals surface area contributed by atoms with Gasteiger partial charge in [-0.25, -0.2) is 15.0 Å². The highest BCUT2D eigenvalue weighted by Gasteiger charge is 2.28. The molecular formula is C15H22N6. The molecular weight excluding hydrogens is 264 g/mol. The predicted octanol–water partition coefficient (Wildman–Crippen LogP) is 2.01. The predicted molar refractivity (Wildman–Crippen MR) is 85.6 cm³/mol. The zero-order valence-electron chi connectivity index (χ0n) is 12.7. The average molecular weight is 286 g/mol. The lowest BCUT2D eigenvalue weighted by molar-refractivity contribution is 0.325. The van der Waals surface area contributed by atoms with Gasteiger partial charge in [0.1, 0.15) is 5.52 Å². The van der Waals surface area contributed by atoms with E-state index in [1.807, 2.05) is 19.3 Å². The van der Waals surface area contributed by atoms with Crippen molar-refractivity contribution in [2.75, 3.05) is 17.7 Å². The summed E-state index contributed by atoms with van der Waals surface area (Å²) in [4.78, 5) is 13.4. The molecule has 0 spiro atoms. The molecule has 1 aliphatic carbocycles. The third kappa shape index (κ3) is 3.05. The monoisotopic (exact) mass is 286 g/mol. The van der Waals surface area contributed by atoms with Gasteiger partial charge in [-0.2, -0.15) is 0 Å². The number of hydrogen-bond donors (Lipinski definition) is 3. The summed E-state index contributed by atoms with van der Waals surface area (Å²) < 4.78 is 0. The maximum Gasteiger partial charge on any atom is 0.223 e. The van der Waals surface area contributed by atoms with Crippen LogP contribution < -0.4 is 16.0 Å². The second-order valence-corrected chi connectivity index (χ2v) is 5.89. The Hall–Kier alpha value is -1.95. The molecule has 2 aromatic rings. The molecule has 3 rings (SSSR count). The summed E-state index contributed by atoms with van der Waals surface area (Å²) in [7, 11) is 2.00. The number of pyridine rings is 1. The molecule has 0 unspecified atom stereocenters. The van der Waals surface area contributed by atoms with Crippen LogP contribution in [-0.2, 0) is 0 Å². The highest BCUT2D eigenvalue weighted by Crippen LogP contribution is 2.24. The van der Waals surface area contributed by atoms with E-state index >= 15 is 0 Å². The molecule has 2 aromatic heterocycles. The average Bonchev–Trinajstić information content (AvgIpc) is 2.42. The third-order valence-electron chi connectivity index (χ3n) is 3.80. The first-order valence-corrected chi connectivity index (χ1v) is 7.48. The Kier molecular flexibility index (Phi) is 3.88. The van der Waals surface area contributed by atoms with E-state index in [1.165, 1.54) is 0 Å². The van der Waals surface area contributed by atoms with Crippen molar-refractivity contribution >= 4 is 22.7 Å². The summed E-state index contributed by atoms with van der Waals surface area (Å²) in [6.07, 6.45) is 5.86. The first-order valence-electron chi connectivity index (χ1n) is 7.48. The summed E-state index contributed by atoms with van der Waals surface area (Å²) in [6.45, 7) is 4.18. The van der Waals surface area contributed by atoms with Crippen LogP contribution >= 0.6 is 0 Å². The molecule has 2 heterocycles. The molecule has 0 radical (unpaired) electrons. The Morgan fingerprint density at radius 1 is 1.19 bits per heavy atom. The molecule has 0 saturated heterocycles. The van der Waals surface area contributed by atoms with Crippen molar-refractivity contribution in [3.63, 3.8) is 0 Å². The molecule has 6 nitrogen and oxygen atoms in total. The van der Waals surface area contributed by atoms with Gasteiger partial charge < -0.3 is 16.0 Å². The first kappa shape index (κ1) is 14.0. The van der Waals surface area contributed by atoms with Gasteiger partial charge in [-0.05, 0) is 39.8 Å². The summed E-state index contributed by atoms with van der Waals surface area (Å²) >= 11 is 0. The van der Waals surface area contributed by atoms with Gasteiger partial charge in [0.05, 0.1) is 0 Å². The largest absolute Gasteiger partial charge is 0.366 e. The highest BCUT2D eigenvalue weighted by atomic mass is 15.1. The molecule has 112 valence electrons. The number of anilines is 2. The van der Waals surface area contributed by atoms with Crippen LogP contribution in [0.3, 0.4) is 0 Å². The van der Waals surface area contributed by atoms with E-state index < -0.39 is 0 Å². The van der Waals surface area contributed by atoms with E-state index in [0.717, 1.165) is 29.6 Å². The Morgan fingerprint density at radius 2 is 2.00 bits per heavy atom. The zero-order valence-corrected chi connectivity index (χ0v) is 12.7. The molecule has 0 aromatic carbocycles. The Morgan fingerprint density at radius 3 is 2.71 bits per heavy atom. The van der Waals surface area contributed by atoms with Crippen molar-refractivity contribution in [3.8, 4) is 0 Å². The van der Waals surface area contributed by atoms with E-state index in [2.05, 4.69) is 44.7 Å². The normalized spacial score (nSPS) is 21.3. The van der Waals surface area contributed by atoms with Gasteiger partial charge in [0.2, 0.25) is 5.95 Å². The molecule has 1 aliphatic rings. The van der Waals surface area contributed by atoms with Crippen molar-refractivity contribution in [1.29, 1.82) is 0 Å². The van der Waals surface area contributed by atoms with Crippen molar-refractivity contribution in [2.24, 2.45) is 0 Å². The van der Waals surface area contributed by atoms with Crippen LogP contribution in [0.1, 0.15) is 26.7 Å². The summed E-state index contributed by atoms with van der Waals surface area (Å²) in [5, 5.41) is 11.0. The van der Waals surface area contributed by atoms with Gasteiger partial charge in [0, 0.05) is 35.9 Å². The van der Waals surface area contributed by atoms with E-state index in [4.69, 9.17) is 0 Å². The Labute approximate surface area is 124 Å². The number of aromatic nitrogens is 3. The third-order valence-corrected chi connectivity index (χ3v) is 3.80. The maximum atomic E-state index is 4.63. The summed E-state index contributed by atoms with van der Waals surface area (Å²) in [5.74, 6) is 1.50. The number of nitrogens with zero attached hydrogens (tertiary/aromatic N) is 3. The fourth-order valence-electron chi connectivity index (χ4n) is 2.56. The van der Waals surface area contributed by atoms with E-state index in [-0.39, 0.29) is 0 Å². The lowest BCUT2D eigenvalue weighted by Crippen LogP contribution is -2.46. The van der Waals surface area contributed by atoms with Crippen LogP contribution in [0.5, 0.6) is 0 Å². The molecule has 0 aliphatic heterocycles. The molecule has 0 bridgehead atoms. The Balaban J connectivity index is 1.81. The Bertz CT molecular complexity index is 621. The second kappa shape index (κ2) is 5.81. The number of fused-ring (bicyclic) bond motifs is 1. The minimum atomic E-state index is 0.317. The number of nitrogens with one attached hydrogen (secondary N) is 3. The van der Waals surface area contributed by atoms with E-state index in [0.29, 0.717) is 24.1 Å². The van der Waals surface area contributed by atoms with Gasteiger partial charge in [0.15, 0.2) is 5.82 Å². The summed E-state index contributed by atoms with van der Waals surface area (Å²) in [6, 6.07) is 3.32. The lowest BCUT2D eigenvalue weighted by Gasteiger charge is -2.35. The minimum absolute atomic E-state index is 0.317. The zero-order chi connectivity index (χ0) is 14.8. The van der Waals surface area contributed by atoms with Crippen LogP contribution in [0.2, 0.25) is 0 Å². The van der Waals surface area contributed by atoms with Crippen molar-refractivity contribution in [1.82, 2.24) is 20.3 Å². The highest BCUT2D eigenvalue weighted by molar-refractivity contribution is 5.88. The van der Waals surface area contributed by atoms with Crippen LogP contribution in [-0.4, -0.2) is 40.1 Å².